The number of aliphatic hydroxyl groups is 1. The van der Waals surface area contributed by atoms with E-state index in [9.17, 15) is 18.3 Å². The average Bonchev–Trinajstić information content (AvgIpc) is 3.35. The Kier molecular flexibility index (Phi) is 6.97. The van der Waals surface area contributed by atoms with Crippen LogP contribution < -0.4 is 0 Å². The van der Waals surface area contributed by atoms with Gasteiger partial charge in [-0.1, -0.05) is 5.21 Å². The fraction of sp³-hybridized carbons (Fsp3) is 0.700. The number of aromatic nitrogens is 3. The van der Waals surface area contributed by atoms with Gasteiger partial charge < -0.3 is 9.84 Å². The van der Waals surface area contributed by atoms with Gasteiger partial charge >= 0.3 is 6.18 Å². The van der Waals surface area contributed by atoms with E-state index < -0.39 is 23.3 Å². The zero-order valence-electron chi connectivity index (χ0n) is 17.5. The van der Waals surface area contributed by atoms with Crippen molar-refractivity contribution in [3.05, 3.63) is 32.8 Å². The van der Waals surface area contributed by atoms with Crippen molar-refractivity contribution in [2.75, 3.05) is 31.7 Å². The average molecular weight is 477 g/mol. The van der Waals surface area contributed by atoms with Crippen LogP contribution >= 0.6 is 23.1 Å². The highest BCUT2D eigenvalue weighted by molar-refractivity contribution is 7.98. The van der Waals surface area contributed by atoms with E-state index >= 15 is 0 Å². The Balaban J connectivity index is 1.44. The lowest BCUT2D eigenvalue weighted by atomic mass is 9.84. The Labute approximate surface area is 187 Å². The minimum atomic E-state index is -4.45. The largest absolute Gasteiger partial charge is 0.425 e. The molecule has 4 heterocycles. The Morgan fingerprint density at radius 3 is 2.77 bits per heavy atom. The normalized spacial score (nSPS) is 19.1. The molecule has 2 aliphatic heterocycles. The number of thioether (sulfide) groups is 1. The summed E-state index contributed by atoms with van der Waals surface area (Å²) >= 11 is 2.57. The fourth-order valence-corrected chi connectivity index (χ4v) is 6.35. The second-order valence-electron chi connectivity index (χ2n) is 8.06. The molecule has 2 aromatic heterocycles. The maximum Gasteiger partial charge on any atom is 0.425 e. The number of alkyl halides is 3. The van der Waals surface area contributed by atoms with Crippen molar-refractivity contribution in [1.29, 1.82) is 0 Å². The number of thiophene rings is 1. The van der Waals surface area contributed by atoms with Crippen LogP contribution in [0.1, 0.15) is 45.8 Å². The number of ether oxygens (including phenoxy) is 1. The predicted molar refractivity (Wildman–Crippen MR) is 114 cm³/mol. The molecule has 6 nitrogen and oxygen atoms in total. The van der Waals surface area contributed by atoms with Gasteiger partial charge in [-0.3, -0.25) is 9.58 Å². The van der Waals surface area contributed by atoms with E-state index in [1.165, 1.54) is 0 Å². The standard InChI is InChI=1S/C20H27F3N4O2S2/c1-30-10-2-6-27-12-14(24-25-27)11-26-7-4-19(5-8-26)17-15(3-9-29-19)16(13-28)18(31-17)20(21,22)23/h12,28H,2-11,13H2,1H3. The SMILES string of the molecule is CSCCCn1cc(CN2CCC3(CC2)OCCc2c3sc(C(F)(F)F)c2CO)nn1. The number of nitrogens with zero attached hydrogens (tertiary/aromatic N) is 4. The summed E-state index contributed by atoms with van der Waals surface area (Å²) in [6.07, 6.45) is 2.33. The Bertz CT molecular complexity index is 892. The summed E-state index contributed by atoms with van der Waals surface area (Å²) in [5.41, 5.74) is 0.907. The second-order valence-corrected chi connectivity index (χ2v) is 10.1. The van der Waals surface area contributed by atoms with Crippen molar-refractivity contribution < 1.29 is 23.0 Å². The zero-order chi connectivity index (χ0) is 22.1. The lowest BCUT2D eigenvalue weighted by molar-refractivity contribution is -0.135. The highest BCUT2D eigenvalue weighted by Gasteiger charge is 2.47. The number of likely N-dealkylation sites (tertiary alicyclic amines) is 1. The number of aryl methyl sites for hydroxylation is 1. The highest BCUT2D eigenvalue weighted by atomic mass is 32.2. The van der Waals surface area contributed by atoms with E-state index in [1.807, 2.05) is 22.6 Å². The zero-order valence-corrected chi connectivity index (χ0v) is 19.1. The molecule has 0 radical (unpaired) electrons. The minimum Gasteiger partial charge on any atom is -0.392 e. The predicted octanol–water partition coefficient (Wildman–Crippen LogP) is 3.67. The molecule has 31 heavy (non-hydrogen) atoms. The van der Waals surface area contributed by atoms with E-state index in [0.29, 0.717) is 55.9 Å². The van der Waals surface area contributed by atoms with Crippen LogP contribution in [0.15, 0.2) is 6.20 Å². The van der Waals surface area contributed by atoms with Crippen LogP contribution in [0.3, 0.4) is 0 Å². The molecule has 2 aliphatic rings. The fourth-order valence-electron chi connectivity index (χ4n) is 4.51. The van der Waals surface area contributed by atoms with Gasteiger partial charge in [0.05, 0.1) is 18.9 Å². The molecule has 1 spiro atoms. The van der Waals surface area contributed by atoms with Crippen LogP contribution in [0.4, 0.5) is 13.2 Å². The summed E-state index contributed by atoms with van der Waals surface area (Å²) in [5.74, 6) is 1.09. The van der Waals surface area contributed by atoms with Crippen LogP contribution in [0, 0.1) is 0 Å². The van der Waals surface area contributed by atoms with Crippen LogP contribution in [-0.2, 0) is 42.6 Å². The third-order valence-corrected chi connectivity index (χ3v) is 8.25. The van der Waals surface area contributed by atoms with Crippen molar-refractivity contribution in [2.45, 2.75) is 57.2 Å². The third kappa shape index (κ3) is 4.80. The van der Waals surface area contributed by atoms with Crippen LogP contribution in [0.5, 0.6) is 0 Å². The van der Waals surface area contributed by atoms with Crippen LogP contribution in [0.2, 0.25) is 0 Å². The summed E-state index contributed by atoms with van der Waals surface area (Å²) in [7, 11) is 0. The summed E-state index contributed by atoms with van der Waals surface area (Å²) in [4.78, 5) is 2.24. The molecule has 2 aromatic rings. The third-order valence-electron chi connectivity index (χ3n) is 6.05. The van der Waals surface area contributed by atoms with Gasteiger partial charge in [0.2, 0.25) is 0 Å². The number of rotatable bonds is 7. The topological polar surface area (TPSA) is 63.4 Å². The summed E-state index contributed by atoms with van der Waals surface area (Å²) in [6, 6.07) is 0. The molecule has 0 saturated carbocycles. The molecular weight excluding hydrogens is 449 g/mol. The van der Waals surface area contributed by atoms with Gasteiger partial charge in [0, 0.05) is 42.8 Å². The maximum atomic E-state index is 13.5. The molecule has 0 aromatic carbocycles. The maximum absolute atomic E-state index is 13.5. The van der Waals surface area contributed by atoms with E-state index in [0.717, 1.165) is 35.7 Å². The first-order valence-corrected chi connectivity index (χ1v) is 12.6. The van der Waals surface area contributed by atoms with E-state index in [4.69, 9.17) is 4.74 Å². The van der Waals surface area contributed by atoms with Gasteiger partial charge in [0.25, 0.3) is 0 Å². The Morgan fingerprint density at radius 1 is 1.32 bits per heavy atom. The summed E-state index contributed by atoms with van der Waals surface area (Å²) in [6.45, 7) is 2.75. The Morgan fingerprint density at radius 2 is 2.10 bits per heavy atom. The first kappa shape index (κ1) is 23.0. The molecule has 0 aliphatic carbocycles. The molecule has 1 saturated heterocycles. The lowest BCUT2D eigenvalue weighted by Gasteiger charge is -2.43. The van der Waals surface area contributed by atoms with Crippen molar-refractivity contribution >= 4 is 23.1 Å². The molecule has 0 amide bonds. The van der Waals surface area contributed by atoms with Gasteiger partial charge in [-0.15, -0.1) is 16.4 Å². The molecule has 4 rings (SSSR count). The minimum absolute atomic E-state index is 0.0377. The smallest absolute Gasteiger partial charge is 0.392 e. The molecule has 1 N–H and O–H groups in total. The number of piperidine rings is 1. The van der Waals surface area contributed by atoms with E-state index in [2.05, 4.69) is 21.5 Å². The molecular formula is C20H27F3N4O2S2. The van der Waals surface area contributed by atoms with Crippen molar-refractivity contribution in [1.82, 2.24) is 19.9 Å². The van der Waals surface area contributed by atoms with Gasteiger partial charge in [-0.05, 0) is 43.3 Å². The number of aliphatic hydroxyl groups excluding tert-OH is 1. The molecule has 1 fully saturated rings. The summed E-state index contributed by atoms with van der Waals surface area (Å²) in [5, 5.41) is 18.1. The molecule has 0 atom stereocenters. The first-order chi connectivity index (χ1) is 14.9. The lowest BCUT2D eigenvalue weighted by Crippen LogP contribution is -2.45. The number of fused-ring (bicyclic) bond motifs is 2. The highest BCUT2D eigenvalue weighted by Crippen LogP contribution is 2.50. The number of halogens is 3. The molecule has 11 heteroatoms. The van der Waals surface area contributed by atoms with E-state index in [-0.39, 0.29) is 5.56 Å². The summed E-state index contributed by atoms with van der Waals surface area (Å²) < 4.78 is 48.5. The van der Waals surface area contributed by atoms with E-state index in [1.54, 1.807) is 0 Å². The van der Waals surface area contributed by atoms with Gasteiger partial charge in [0.15, 0.2) is 0 Å². The van der Waals surface area contributed by atoms with Crippen molar-refractivity contribution in [3.8, 4) is 0 Å². The molecule has 0 bridgehead atoms. The monoisotopic (exact) mass is 476 g/mol. The molecule has 0 unspecified atom stereocenters. The van der Waals surface area contributed by atoms with Crippen molar-refractivity contribution in [2.24, 2.45) is 0 Å². The van der Waals surface area contributed by atoms with Crippen LogP contribution in [-0.4, -0.2) is 56.7 Å². The first-order valence-electron chi connectivity index (χ1n) is 10.4. The van der Waals surface area contributed by atoms with Crippen LogP contribution in [0.25, 0.3) is 0 Å². The number of hydrogen-bond acceptors (Lipinski definition) is 7. The quantitative estimate of drug-likeness (QED) is 0.616. The van der Waals surface area contributed by atoms with Crippen molar-refractivity contribution in [3.63, 3.8) is 0 Å². The molecule has 172 valence electrons. The second kappa shape index (κ2) is 9.38. The van der Waals surface area contributed by atoms with Gasteiger partial charge in [-0.2, -0.15) is 24.9 Å². The Hall–Kier alpha value is -1.14. The van der Waals surface area contributed by atoms with Gasteiger partial charge in [0.1, 0.15) is 10.5 Å². The number of hydrogen-bond donors (Lipinski definition) is 1. The van der Waals surface area contributed by atoms with Gasteiger partial charge in [-0.25, -0.2) is 0 Å².